The molecule has 2 rings (SSSR count). The third-order valence-electron chi connectivity index (χ3n) is 3.35. The van der Waals surface area contributed by atoms with Crippen LogP contribution in [0.5, 0.6) is 11.5 Å². The first-order chi connectivity index (χ1) is 10.6. The molecular formula is C18H18O4. The summed E-state index contributed by atoms with van der Waals surface area (Å²) in [4.78, 5) is 24.1. The summed E-state index contributed by atoms with van der Waals surface area (Å²) in [6.07, 6.45) is 0.245. The Kier molecular flexibility index (Phi) is 4.94. The first-order valence-corrected chi connectivity index (χ1v) is 6.91. The van der Waals surface area contributed by atoms with E-state index >= 15 is 0 Å². The lowest BCUT2D eigenvalue weighted by molar-refractivity contribution is -0.116. The minimum Gasteiger partial charge on any atom is -0.493 e. The predicted octanol–water partition coefficient (Wildman–Crippen LogP) is 3.07. The number of benzene rings is 2. The van der Waals surface area contributed by atoms with Crippen molar-refractivity contribution in [2.24, 2.45) is 0 Å². The fraction of sp³-hybridized carbons (Fsp3) is 0.222. The molecule has 2 aromatic rings. The second kappa shape index (κ2) is 6.89. The van der Waals surface area contributed by atoms with Crippen LogP contribution >= 0.6 is 0 Å². The SMILES string of the molecule is COc1ccc(C(=O)c2ccccc2CC(C)=O)cc1OC. The quantitative estimate of drug-likeness (QED) is 0.769. The lowest BCUT2D eigenvalue weighted by atomic mass is 9.95. The van der Waals surface area contributed by atoms with Crippen LogP contribution < -0.4 is 9.47 Å². The van der Waals surface area contributed by atoms with E-state index in [4.69, 9.17) is 9.47 Å². The van der Waals surface area contributed by atoms with Crippen LogP contribution in [0.15, 0.2) is 42.5 Å². The highest BCUT2D eigenvalue weighted by molar-refractivity contribution is 6.10. The van der Waals surface area contributed by atoms with Crippen molar-refractivity contribution in [1.82, 2.24) is 0 Å². The Balaban J connectivity index is 2.42. The zero-order valence-corrected chi connectivity index (χ0v) is 12.9. The van der Waals surface area contributed by atoms with Crippen molar-refractivity contribution < 1.29 is 19.1 Å². The molecule has 0 aliphatic rings. The zero-order valence-electron chi connectivity index (χ0n) is 12.9. The Morgan fingerprint density at radius 1 is 0.955 bits per heavy atom. The summed E-state index contributed by atoms with van der Waals surface area (Å²) in [6.45, 7) is 1.51. The Hall–Kier alpha value is -2.62. The number of methoxy groups -OCH3 is 2. The highest BCUT2D eigenvalue weighted by Gasteiger charge is 2.16. The fourth-order valence-electron chi connectivity index (χ4n) is 2.30. The number of ketones is 2. The van der Waals surface area contributed by atoms with Crippen molar-refractivity contribution in [2.75, 3.05) is 14.2 Å². The van der Waals surface area contributed by atoms with E-state index in [1.807, 2.05) is 6.07 Å². The summed E-state index contributed by atoms with van der Waals surface area (Å²) < 4.78 is 10.4. The number of ether oxygens (including phenoxy) is 2. The highest BCUT2D eigenvalue weighted by atomic mass is 16.5. The summed E-state index contributed by atoms with van der Waals surface area (Å²) in [5.74, 6) is 0.943. The molecule has 0 saturated heterocycles. The van der Waals surface area contributed by atoms with E-state index < -0.39 is 0 Å². The molecule has 0 unspecified atom stereocenters. The highest BCUT2D eigenvalue weighted by Crippen LogP contribution is 2.29. The average Bonchev–Trinajstić information content (AvgIpc) is 2.53. The van der Waals surface area contributed by atoms with E-state index in [0.29, 0.717) is 22.6 Å². The molecule has 0 N–H and O–H groups in total. The van der Waals surface area contributed by atoms with Crippen LogP contribution in [-0.4, -0.2) is 25.8 Å². The lowest BCUT2D eigenvalue weighted by Gasteiger charge is -2.11. The van der Waals surface area contributed by atoms with Gasteiger partial charge in [0.1, 0.15) is 5.78 Å². The summed E-state index contributed by atoms with van der Waals surface area (Å²) in [5.41, 5.74) is 1.76. The topological polar surface area (TPSA) is 52.6 Å². The third kappa shape index (κ3) is 3.34. The Bertz CT molecular complexity index is 704. The second-order valence-electron chi connectivity index (χ2n) is 4.93. The van der Waals surface area contributed by atoms with Crippen molar-refractivity contribution >= 4 is 11.6 Å². The Labute approximate surface area is 129 Å². The molecule has 0 bridgehead atoms. The molecule has 0 saturated carbocycles. The molecular weight excluding hydrogens is 280 g/mol. The van der Waals surface area contributed by atoms with Gasteiger partial charge in [0.25, 0.3) is 0 Å². The number of hydrogen-bond acceptors (Lipinski definition) is 4. The maximum atomic E-state index is 12.7. The van der Waals surface area contributed by atoms with Gasteiger partial charge in [0.2, 0.25) is 0 Å². The minimum atomic E-state index is -0.141. The molecule has 0 aliphatic carbocycles. The molecule has 4 nitrogen and oxygen atoms in total. The van der Waals surface area contributed by atoms with Gasteiger partial charge in [0.15, 0.2) is 17.3 Å². The summed E-state index contributed by atoms with van der Waals surface area (Å²) in [6, 6.07) is 12.2. The number of Topliss-reactive ketones (excluding diaryl/α,β-unsaturated/α-hetero) is 1. The van der Waals surface area contributed by atoms with E-state index in [0.717, 1.165) is 5.56 Å². The van der Waals surface area contributed by atoms with E-state index in [1.165, 1.54) is 14.0 Å². The van der Waals surface area contributed by atoms with Crippen LogP contribution in [0.3, 0.4) is 0 Å². The van der Waals surface area contributed by atoms with Crippen LogP contribution in [-0.2, 0) is 11.2 Å². The number of carbonyl (C=O) groups excluding carboxylic acids is 2. The van der Waals surface area contributed by atoms with Crippen molar-refractivity contribution in [3.05, 3.63) is 59.2 Å². The first kappa shape index (κ1) is 15.8. The Morgan fingerprint density at radius 3 is 2.27 bits per heavy atom. The average molecular weight is 298 g/mol. The van der Waals surface area contributed by atoms with Gasteiger partial charge in [0, 0.05) is 17.5 Å². The van der Waals surface area contributed by atoms with Crippen molar-refractivity contribution in [3.63, 3.8) is 0 Å². The standard InChI is InChI=1S/C18H18O4/c1-12(19)10-13-6-4-5-7-15(13)18(20)14-8-9-16(21-2)17(11-14)22-3/h4-9,11H,10H2,1-3H3. The summed E-state index contributed by atoms with van der Waals surface area (Å²) in [7, 11) is 3.07. The third-order valence-corrected chi connectivity index (χ3v) is 3.35. The summed E-state index contributed by atoms with van der Waals surface area (Å²) in [5, 5.41) is 0. The molecule has 0 heterocycles. The van der Waals surface area contributed by atoms with Gasteiger partial charge in [-0.1, -0.05) is 24.3 Å². The predicted molar refractivity (Wildman–Crippen MR) is 83.8 cm³/mol. The maximum absolute atomic E-state index is 12.7. The van der Waals surface area contributed by atoms with Gasteiger partial charge in [-0.3, -0.25) is 9.59 Å². The van der Waals surface area contributed by atoms with Crippen LogP contribution in [0.1, 0.15) is 28.4 Å². The summed E-state index contributed by atoms with van der Waals surface area (Å²) >= 11 is 0. The first-order valence-electron chi connectivity index (χ1n) is 6.91. The van der Waals surface area contributed by atoms with E-state index in [2.05, 4.69) is 0 Å². The largest absolute Gasteiger partial charge is 0.493 e. The molecule has 0 spiro atoms. The van der Waals surface area contributed by atoms with Gasteiger partial charge in [-0.05, 0) is 30.7 Å². The maximum Gasteiger partial charge on any atom is 0.193 e. The monoisotopic (exact) mass is 298 g/mol. The fourth-order valence-corrected chi connectivity index (χ4v) is 2.30. The van der Waals surface area contributed by atoms with Gasteiger partial charge in [-0.25, -0.2) is 0 Å². The number of carbonyl (C=O) groups is 2. The molecule has 0 aromatic heterocycles. The van der Waals surface area contributed by atoms with Crippen LogP contribution in [0.25, 0.3) is 0 Å². The zero-order chi connectivity index (χ0) is 16.1. The van der Waals surface area contributed by atoms with Gasteiger partial charge in [-0.2, -0.15) is 0 Å². The van der Waals surface area contributed by atoms with Gasteiger partial charge >= 0.3 is 0 Å². The molecule has 0 aliphatic heterocycles. The van der Waals surface area contributed by atoms with E-state index in [-0.39, 0.29) is 18.0 Å². The van der Waals surface area contributed by atoms with Crippen molar-refractivity contribution in [1.29, 1.82) is 0 Å². The number of hydrogen-bond donors (Lipinski definition) is 0. The van der Waals surface area contributed by atoms with E-state index in [9.17, 15) is 9.59 Å². The Morgan fingerprint density at radius 2 is 1.64 bits per heavy atom. The molecule has 114 valence electrons. The molecule has 0 atom stereocenters. The van der Waals surface area contributed by atoms with Gasteiger partial charge in [-0.15, -0.1) is 0 Å². The molecule has 0 amide bonds. The minimum absolute atomic E-state index is 0.0209. The normalized spacial score (nSPS) is 10.1. The molecule has 22 heavy (non-hydrogen) atoms. The van der Waals surface area contributed by atoms with Crippen LogP contribution in [0.4, 0.5) is 0 Å². The van der Waals surface area contributed by atoms with Gasteiger partial charge < -0.3 is 9.47 Å². The molecule has 0 radical (unpaired) electrons. The smallest absolute Gasteiger partial charge is 0.193 e. The molecule has 0 fully saturated rings. The van der Waals surface area contributed by atoms with Crippen LogP contribution in [0.2, 0.25) is 0 Å². The van der Waals surface area contributed by atoms with Gasteiger partial charge in [0.05, 0.1) is 14.2 Å². The number of rotatable bonds is 6. The van der Waals surface area contributed by atoms with Crippen LogP contribution in [0, 0.1) is 0 Å². The molecule has 2 aromatic carbocycles. The van der Waals surface area contributed by atoms with E-state index in [1.54, 1.807) is 43.5 Å². The van der Waals surface area contributed by atoms with Crippen molar-refractivity contribution in [3.8, 4) is 11.5 Å². The van der Waals surface area contributed by atoms with Crippen molar-refractivity contribution in [2.45, 2.75) is 13.3 Å². The molecule has 4 heteroatoms. The second-order valence-corrected chi connectivity index (χ2v) is 4.93. The lowest BCUT2D eigenvalue weighted by Crippen LogP contribution is -2.08.